The van der Waals surface area contributed by atoms with Crippen LogP contribution in [0.2, 0.25) is 0 Å². The highest BCUT2D eigenvalue weighted by atomic mass is 35.5. The van der Waals surface area contributed by atoms with Crippen molar-refractivity contribution in [3.8, 4) is 0 Å². The van der Waals surface area contributed by atoms with Gasteiger partial charge in [-0.05, 0) is 37.3 Å². The van der Waals surface area contributed by atoms with Gasteiger partial charge in [-0.1, -0.05) is 45.0 Å². The number of carbonyl (C=O) groups excluding carboxylic acids is 1. The van der Waals surface area contributed by atoms with E-state index < -0.39 is 5.41 Å². The van der Waals surface area contributed by atoms with Crippen LogP contribution in [0.15, 0.2) is 24.3 Å². The molecule has 0 heterocycles. The summed E-state index contributed by atoms with van der Waals surface area (Å²) in [5.74, 6) is -0.00704. The minimum atomic E-state index is -0.528. The zero-order valence-electron chi connectivity index (χ0n) is 14.0. The zero-order chi connectivity index (χ0) is 15.6. The first-order valence-electron chi connectivity index (χ1n) is 7.19. The van der Waals surface area contributed by atoms with Crippen LogP contribution < -0.4 is 11.1 Å². The van der Waals surface area contributed by atoms with E-state index in [1.54, 1.807) is 0 Å². The number of benzene rings is 1. The Balaban J connectivity index is 0.00000400. The molecule has 3 N–H and O–H groups in total. The van der Waals surface area contributed by atoms with Crippen molar-refractivity contribution in [2.24, 2.45) is 11.1 Å². The number of amides is 1. The Bertz CT molecular complexity index is 461. The fraction of sp³-hybridized carbons (Fsp3) is 0.588. The zero-order valence-corrected chi connectivity index (χ0v) is 14.8. The number of nitrogens with one attached hydrogen (secondary N) is 1. The van der Waals surface area contributed by atoms with E-state index in [2.05, 4.69) is 50.4 Å². The number of hydrogen-bond acceptors (Lipinski definition) is 2. The van der Waals surface area contributed by atoms with E-state index in [0.29, 0.717) is 6.54 Å². The molecule has 0 aliphatic rings. The molecule has 1 atom stereocenters. The van der Waals surface area contributed by atoms with Crippen molar-refractivity contribution in [1.29, 1.82) is 0 Å². The molecule has 1 aromatic carbocycles. The van der Waals surface area contributed by atoms with Crippen LogP contribution in [0.5, 0.6) is 0 Å². The van der Waals surface area contributed by atoms with E-state index in [-0.39, 0.29) is 29.8 Å². The van der Waals surface area contributed by atoms with Gasteiger partial charge in [-0.15, -0.1) is 12.4 Å². The lowest BCUT2D eigenvalue weighted by molar-refractivity contribution is -0.129. The first kappa shape index (κ1) is 19.9. The third kappa shape index (κ3) is 5.33. The highest BCUT2D eigenvalue weighted by molar-refractivity contribution is 5.85. The molecule has 0 fully saturated rings. The summed E-state index contributed by atoms with van der Waals surface area (Å²) < 4.78 is 0. The second kappa shape index (κ2) is 7.28. The number of hydrogen-bond donors (Lipinski definition) is 2. The summed E-state index contributed by atoms with van der Waals surface area (Å²) in [5.41, 5.74) is 7.65. The lowest BCUT2D eigenvalue weighted by Gasteiger charge is -2.25. The van der Waals surface area contributed by atoms with Crippen LogP contribution in [0.3, 0.4) is 0 Å². The fourth-order valence-corrected chi connectivity index (χ4v) is 1.84. The van der Waals surface area contributed by atoms with Crippen molar-refractivity contribution in [2.45, 2.75) is 53.0 Å². The first-order valence-corrected chi connectivity index (χ1v) is 7.19. The van der Waals surface area contributed by atoms with Crippen molar-refractivity contribution in [2.75, 3.05) is 6.54 Å². The number of rotatable bonds is 4. The van der Waals surface area contributed by atoms with E-state index in [1.807, 2.05) is 20.8 Å². The quantitative estimate of drug-likeness (QED) is 0.893. The summed E-state index contributed by atoms with van der Waals surface area (Å²) in [6, 6.07) is 8.42. The van der Waals surface area contributed by atoms with Gasteiger partial charge in [-0.2, -0.15) is 0 Å². The molecule has 0 aliphatic carbocycles. The van der Waals surface area contributed by atoms with Crippen LogP contribution >= 0.6 is 12.4 Å². The second-order valence-electron chi connectivity index (χ2n) is 7.16. The van der Waals surface area contributed by atoms with E-state index in [1.165, 1.54) is 5.56 Å². The molecule has 120 valence electrons. The number of carbonyl (C=O) groups is 1. The lowest BCUT2D eigenvalue weighted by atomic mass is 9.86. The van der Waals surface area contributed by atoms with Crippen LogP contribution in [-0.4, -0.2) is 12.5 Å². The van der Waals surface area contributed by atoms with Crippen LogP contribution in [0.1, 0.15) is 58.7 Å². The Morgan fingerprint density at radius 1 is 1.14 bits per heavy atom. The maximum Gasteiger partial charge on any atom is 0.227 e. The van der Waals surface area contributed by atoms with Gasteiger partial charge < -0.3 is 11.1 Å². The standard InChI is InChI=1S/C17H28N2O.ClH/c1-12(19-15(20)17(5,6)11-18)13-7-9-14(10-8-13)16(2,3)4;/h7-10,12H,11,18H2,1-6H3,(H,19,20);1H. The lowest BCUT2D eigenvalue weighted by Crippen LogP contribution is -2.42. The molecule has 0 spiro atoms. The molecule has 0 saturated carbocycles. The molecule has 1 unspecified atom stereocenters. The average Bonchev–Trinajstić information content (AvgIpc) is 2.37. The van der Waals surface area contributed by atoms with Gasteiger partial charge in [-0.3, -0.25) is 4.79 Å². The smallest absolute Gasteiger partial charge is 0.227 e. The summed E-state index contributed by atoms with van der Waals surface area (Å²) in [5, 5.41) is 3.03. The van der Waals surface area contributed by atoms with Gasteiger partial charge in [0.15, 0.2) is 0 Å². The molecule has 1 amide bonds. The third-order valence-corrected chi connectivity index (χ3v) is 3.75. The van der Waals surface area contributed by atoms with E-state index in [0.717, 1.165) is 5.56 Å². The number of halogens is 1. The molecule has 0 saturated heterocycles. The van der Waals surface area contributed by atoms with E-state index in [4.69, 9.17) is 5.73 Å². The van der Waals surface area contributed by atoms with Crippen molar-refractivity contribution < 1.29 is 4.79 Å². The SMILES string of the molecule is CC(NC(=O)C(C)(C)CN)c1ccc(C(C)(C)C)cc1.Cl. The average molecular weight is 313 g/mol. The molecule has 1 rings (SSSR count). The largest absolute Gasteiger partial charge is 0.349 e. The van der Waals surface area contributed by atoms with Crippen LogP contribution in [0, 0.1) is 5.41 Å². The van der Waals surface area contributed by atoms with Crippen molar-refractivity contribution >= 4 is 18.3 Å². The summed E-state index contributed by atoms with van der Waals surface area (Å²) in [4.78, 5) is 12.1. The summed E-state index contributed by atoms with van der Waals surface area (Å²) in [7, 11) is 0. The van der Waals surface area contributed by atoms with Gasteiger partial charge in [0.05, 0.1) is 11.5 Å². The Morgan fingerprint density at radius 2 is 1.62 bits per heavy atom. The van der Waals surface area contributed by atoms with Gasteiger partial charge in [0.2, 0.25) is 5.91 Å². The van der Waals surface area contributed by atoms with Gasteiger partial charge in [0, 0.05) is 6.54 Å². The summed E-state index contributed by atoms with van der Waals surface area (Å²) in [6.45, 7) is 12.6. The Labute approximate surface area is 135 Å². The summed E-state index contributed by atoms with van der Waals surface area (Å²) >= 11 is 0. The maximum absolute atomic E-state index is 12.1. The van der Waals surface area contributed by atoms with Crippen LogP contribution in [0.25, 0.3) is 0 Å². The monoisotopic (exact) mass is 312 g/mol. The molecule has 0 bridgehead atoms. The normalized spacial score (nSPS) is 13.3. The van der Waals surface area contributed by atoms with Gasteiger partial charge in [0.25, 0.3) is 0 Å². The summed E-state index contributed by atoms with van der Waals surface area (Å²) in [6.07, 6.45) is 0. The van der Waals surface area contributed by atoms with Crippen LogP contribution in [-0.2, 0) is 10.2 Å². The van der Waals surface area contributed by atoms with Crippen molar-refractivity contribution in [1.82, 2.24) is 5.32 Å². The van der Waals surface area contributed by atoms with Crippen molar-refractivity contribution in [3.63, 3.8) is 0 Å². The Kier molecular flexibility index (Phi) is 6.91. The van der Waals surface area contributed by atoms with Gasteiger partial charge >= 0.3 is 0 Å². The molecule has 1 aromatic rings. The minimum Gasteiger partial charge on any atom is -0.349 e. The Hall–Kier alpha value is -1.06. The molecular formula is C17H29ClN2O. The molecule has 0 radical (unpaired) electrons. The highest BCUT2D eigenvalue weighted by Gasteiger charge is 2.27. The predicted molar refractivity (Wildman–Crippen MR) is 91.8 cm³/mol. The van der Waals surface area contributed by atoms with Gasteiger partial charge in [0.1, 0.15) is 0 Å². The highest BCUT2D eigenvalue weighted by Crippen LogP contribution is 2.24. The molecule has 3 nitrogen and oxygen atoms in total. The second-order valence-corrected chi connectivity index (χ2v) is 7.16. The molecule has 21 heavy (non-hydrogen) atoms. The van der Waals surface area contributed by atoms with Crippen LogP contribution in [0.4, 0.5) is 0 Å². The predicted octanol–water partition coefficient (Wildman–Crippen LogP) is 3.57. The Morgan fingerprint density at radius 3 is 2.00 bits per heavy atom. The molecule has 0 aromatic heterocycles. The van der Waals surface area contributed by atoms with E-state index in [9.17, 15) is 4.79 Å². The topological polar surface area (TPSA) is 55.1 Å². The number of nitrogens with two attached hydrogens (primary N) is 1. The maximum atomic E-state index is 12.1. The molecule has 0 aliphatic heterocycles. The molecular weight excluding hydrogens is 284 g/mol. The van der Waals surface area contributed by atoms with E-state index >= 15 is 0 Å². The van der Waals surface area contributed by atoms with Crippen molar-refractivity contribution in [3.05, 3.63) is 35.4 Å². The molecule has 4 heteroatoms. The minimum absolute atomic E-state index is 0. The fourth-order valence-electron chi connectivity index (χ4n) is 1.84. The third-order valence-electron chi connectivity index (χ3n) is 3.75. The first-order chi connectivity index (χ1) is 9.08. The van der Waals surface area contributed by atoms with Gasteiger partial charge in [-0.25, -0.2) is 0 Å².